The van der Waals surface area contributed by atoms with Gasteiger partial charge in [-0.1, -0.05) is 46.4 Å². The molecule has 8 heteroatoms. The smallest absolute Gasteiger partial charge is 0.301 e. The van der Waals surface area contributed by atoms with Crippen LogP contribution in [-0.2, 0) is 6.54 Å². The highest BCUT2D eigenvalue weighted by Crippen LogP contribution is 2.47. The SMILES string of the molecule is N#CC1=CN(F)C(F)(F)C(F)(Cl)C1NCc1ccccc1. The van der Waals surface area contributed by atoms with Crippen LogP contribution in [0.2, 0.25) is 0 Å². The molecule has 0 aliphatic carbocycles. The lowest BCUT2D eigenvalue weighted by Gasteiger charge is -2.40. The Kier molecular flexibility index (Phi) is 4.12. The van der Waals surface area contributed by atoms with E-state index < -0.39 is 27.9 Å². The topological polar surface area (TPSA) is 39.1 Å². The second-order valence-corrected chi connectivity index (χ2v) is 5.02. The van der Waals surface area contributed by atoms with Gasteiger partial charge in [-0.2, -0.15) is 14.0 Å². The summed E-state index contributed by atoms with van der Waals surface area (Å²) < 4.78 is 54.3. The first-order valence-corrected chi connectivity index (χ1v) is 6.28. The summed E-state index contributed by atoms with van der Waals surface area (Å²) in [6.07, 6.45) is 0.239. The Morgan fingerprint density at radius 3 is 2.48 bits per heavy atom. The third-order valence-electron chi connectivity index (χ3n) is 3.08. The maximum atomic E-state index is 14.2. The van der Waals surface area contributed by atoms with Crippen LogP contribution in [0.3, 0.4) is 0 Å². The van der Waals surface area contributed by atoms with Crippen molar-refractivity contribution in [3.05, 3.63) is 47.7 Å². The highest BCUT2D eigenvalue weighted by molar-refractivity contribution is 6.24. The normalized spacial score (nSPS) is 27.9. The first-order chi connectivity index (χ1) is 9.80. The number of alkyl halides is 4. The predicted molar refractivity (Wildman–Crippen MR) is 68.4 cm³/mol. The molecule has 0 saturated carbocycles. The van der Waals surface area contributed by atoms with Gasteiger partial charge in [0.15, 0.2) is 0 Å². The molecule has 1 heterocycles. The first kappa shape index (κ1) is 15.6. The van der Waals surface area contributed by atoms with Crippen molar-refractivity contribution in [2.75, 3.05) is 0 Å². The van der Waals surface area contributed by atoms with E-state index in [9.17, 15) is 17.7 Å². The van der Waals surface area contributed by atoms with Gasteiger partial charge in [-0.15, -0.1) is 5.12 Å². The van der Waals surface area contributed by atoms with Crippen molar-refractivity contribution < 1.29 is 17.7 Å². The third-order valence-corrected chi connectivity index (χ3v) is 3.52. The summed E-state index contributed by atoms with van der Waals surface area (Å²) >= 11 is 5.21. The van der Waals surface area contributed by atoms with Crippen molar-refractivity contribution in [3.63, 3.8) is 0 Å². The zero-order chi connectivity index (χ0) is 15.7. The Balaban J connectivity index is 2.27. The summed E-state index contributed by atoms with van der Waals surface area (Å²) in [6, 6.07) is 3.57. The van der Waals surface area contributed by atoms with Crippen LogP contribution in [0.1, 0.15) is 5.56 Å². The van der Waals surface area contributed by atoms with E-state index in [4.69, 9.17) is 16.9 Å². The van der Waals surface area contributed by atoms with E-state index in [2.05, 4.69) is 5.32 Å². The van der Waals surface area contributed by atoms with Crippen LogP contribution in [0.5, 0.6) is 0 Å². The van der Waals surface area contributed by atoms with Crippen LogP contribution in [0.15, 0.2) is 42.1 Å². The minimum atomic E-state index is -4.59. The zero-order valence-corrected chi connectivity index (χ0v) is 11.3. The van der Waals surface area contributed by atoms with Crippen LogP contribution in [0.25, 0.3) is 0 Å². The van der Waals surface area contributed by atoms with Gasteiger partial charge >= 0.3 is 6.05 Å². The second-order valence-electron chi connectivity index (χ2n) is 4.47. The molecule has 1 aliphatic heterocycles. The van der Waals surface area contributed by atoms with E-state index >= 15 is 0 Å². The minimum absolute atomic E-state index is 0.00865. The number of nitriles is 1. The third kappa shape index (κ3) is 2.69. The molecule has 112 valence electrons. The summed E-state index contributed by atoms with van der Waals surface area (Å²) in [7, 11) is 0. The first-order valence-electron chi connectivity index (χ1n) is 5.90. The highest BCUT2D eigenvalue weighted by Gasteiger charge is 2.66. The van der Waals surface area contributed by atoms with Gasteiger partial charge in [0.05, 0.1) is 17.8 Å². The fourth-order valence-electron chi connectivity index (χ4n) is 1.94. The lowest BCUT2D eigenvalue weighted by atomic mass is 9.98. The molecule has 0 bridgehead atoms. The van der Waals surface area contributed by atoms with Gasteiger partial charge in [-0.3, -0.25) is 0 Å². The van der Waals surface area contributed by atoms with E-state index in [1.807, 2.05) is 0 Å². The summed E-state index contributed by atoms with van der Waals surface area (Å²) in [4.78, 5) is 0. The van der Waals surface area contributed by atoms with Gasteiger partial charge in [0, 0.05) is 6.54 Å². The van der Waals surface area contributed by atoms with Crippen molar-refractivity contribution in [1.82, 2.24) is 10.4 Å². The van der Waals surface area contributed by atoms with E-state index in [1.165, 1.54) is 6.07 Å². The van der Waals surface area contributed by atoms with Crippen LogP contribution >= 0.6 is 11.6 Å². The maximum absolute atomic E-state index is 14.2. The van der Waals surface area contributed by atoms with Crippen molar-refractivity contribution in [2.24, 2.45) is 0 Å². The van der Waals surface area contributed by atoms with E-state index in [-0.39, 0.29) is 12.7 Å². The van der Waals surface area contributed by atoms with E-state index in [1.54, 1.807) is 30.3 Å². The zero-order valence-electron chi connectivity index (χ0n) is 10.5. The molecular weight excluding hydrogens is 310 g/mol. The van der Waals surface area contributed by atoms with Crippen LogP contribution < -0.4 is 5.32 Å². The molecule has 0 spiro atoms. The highest BCUT2D eigenvalue weighted by atomic mass is 35.5. The molecule has 2 atom stereocenters. The molecule has 0 radical (unpaired) electrons. The number of hydrogen-bond acceptors (Lipinski definition) is 3. The van der Waals surface area contributed by atoms with Gasteiger partial charge < -0.3 is 5.32 Å². The van der Waals surface area contributed by atoms with Gasteiger partial charge in [-0.05, 0) is 5.56 Å². The summed E-state index contributed by atoms with van der Waals surface area (Å²) in [5, 5.41) is 6.31. The molecule has 2 unspecified atom stereocenters. The predicted octanol–water partition coefficient (Wildman–Crippen LogP) is 3.25. The molecule has 0 saturated heterocycles. The van der Waals surface area contributed by atoms with Crippen molar-refractivity contribution >= 4 is 11.6 Å². The lowest BCUT2D eigenvalue weighted by molar-refractivity contribution is -0.265. The largest absolute Gasteiger partial charge is 0.400 e. The standard InChI is InChI=1S/C13H10ClF4N3/c14-12(15)11(20-7-9-4-2-1-3-5-9)10(6-19)8-21(18)13(12,16)17/h1-5,8,11,20H,7H2. The number of benzene rings is 1. The van der Waals surface area contributed by atoms with Crippen LogP contribution in [0.4, 0.5) is 17.7 Å². The molecule has 0 amide bonds. The molecule has 1 N–H and O–H groups in total. The number of rotatable bonds is 3. The Bertz CT molecular complexity index is 583. The van der Waals surface area contributed by atoms with Crippen LogP contribution in [0, 0.1) is 11.3 Å². The Hall–Kier alpha value is -1.78. The van der Waals surface area contributed by atoms with E-state index in [0.29, 0.717) is 5.56 Å². The molecule has 1 aromatic rings. The second kappa shape index (κ2) is 5.54. The van der Waals surface area contributed by atoms with E-state index in [0.717, 1.165) is 0 Å². The minimum Gasteiger partial charge on any atom is -0.301 e. The van der Waals surface area contributed by atoms with Crippen molar-refractivity contribution in [3.8, 4) is 6.07 Å². The maximum Gasteiger partial charge on any atom is 0.400 e. The summed E-state index contributed by atoms with van der Waals surface area (Å²) in [6.45, 7) is -0.00865. The molecular formula is C13H10ClF4N3. The van der Waals surface area contributed by atoms with Crippen molar-refractivity contribution in [1.29, 1.82) is 5.26 Å². The molecule has 1 aliphatic rings. The average Bonchev–Trinajstić information content (AvgIpc) is 2.45. The van der Waals surface area contributed by atoms with Gasteiger partial charge in [0.1, 0.15) is 6.04 Å². The molecule has 3 nitrogen and oxygen atoms in total. The lowest BCUT2D eigenvalue weighted by Crippen LogP contribution is -2.62. The van der Waals surface area contributed by atoms with Gasteiger partial charge in [0.25, 0.3) is 5.13 Å². The Labute approximate surface area is 123 Å². The monoisotopic (exact) mass is 319 g/mol. The van der Waals surface area contributed by atoms with Crippen molar-refractivity contribution in [2.45, 2.75) is 23.8 Å². The van der Waals surface area contributed by atoms with Gasteiger partial charge in [0.2, 0.25) is 0 Å². The number of hydrogen-bond donors (Lipinski definition) is 1. The Morgan fingerprint density at radius 2 is 1.90 bits per heavy atom. The molecule has 0 aromatic heterocycles. The number of halogens is 5. The fraction of sp³-hybridized carbons (Fsp3) is 0.308. The summed E-state index contributed by atoms with van der Waals surface area (Å²) in [5.74, 6) is 0. The summed E-state index contributed by atoms with van der Waals surface area (Å²) in [5.41, 5.74) is 0.116. The fourth-order valence-corrected chi connectivity index (χ4v) is 2.21. The molecule has 2 rings (SSSR count). The number of nitrogens with one attached hydrogen (secondary N) is 1. The number of nitrogens with zero attached hydrogens (tertiary/aromatic N) is 2. The van der Waals surface area contributed by atoms with Crippen LogP contribution in [-0.4, -0.2) is 22.3 Å². The van der Waals surface area contributed by atoms with Gasteiger partial charge in [-0.25, -0.2) is 4.39 Å². The molecule has 1 aromatic carbocycles. The average molecular weight is 320 g/mol. The molecule has 0 fully saturated rings. The Morgan fingerprint density at radius 1 is 1.29 bits per heavy atom. The molecule has 21 heavy (non-hydrogen) atoms. The quantitative estimate of drug-likeness (QED) is 0.402.